The van der Waals surface area contributed by atoms with E-state index in [2.05, 4.69) is 38.8 Å². The summed E-state index contributed by atoms with van der Waals surface area (Å²) in [6, 6.07) is 3.80. The number of likely N-dealkylation sites (tertiary alicyclic amines) is 1. The number of piperidine rings is 1. The molecule has 1 unspecified atom stereocenters. The molecule has 1 aromatic carbocycles. The first kappa shape index (κ1) is 18.2. The summed E-state index contributed by atoms with van der Waals surface area (Å²) in [4.78, 5) is 14.5. The summed E-state index contributed by atoms with van der Waals surface area (Å²) in [7, 11) is 0. The molecule has 1 atom stereocenters. The van der Waals surface area contributed by atoms with Crippen LogP contribution in [0.3, 0.4) is 0 Å². The number of nitrogens with one attached hydrogen (secondary N) is 1. The molecule has 1 saturated heterocycles. The fourth-order valence-corrected chi connectivity index (χ4v) is 4.75. The van der Waals surface area contributed by atoms with Crippen LogP contribution in [0.5, 0.6) is 5.75 Å². The highest BCUT2D eigenvalue weighted by Crippen LogP contribution is 2.40. The first-order valence-corrected chi connectivity index (χ1v) is 9.08. The lowest BCUT2D eigenvalue weighted by Crippen LogP contribution is -3.14. The van der Waals surface area contributed by atoms with Crippen LogP contribution in [-0.2, 0) is 0 Å². The standard InChI is InChI=1S/C16H19Br2NO2.ClH/c1-16(9-19-5-3-2-4-6-19)10-21-14-12(15(16)20)7-11(17)8-13(14)18;/h7-8H,2-6,9-10H2,1H3;1H. The van der Waals surface area contributed by atoms with Gasteiger partial charge in [0.2, 0.25) is 0 Å². The number of Topliss-reactive ketones (excluding diaryl/α,β-unsaturated/α-hetero) is 1. The van der Waals surface area contributed by atoms with Crippen LogP contribution in [0.2, 0.25) is 0 Å². The van der Waals surface area contributed by atoms with E-state index in [-0.39, 0.29) is 18.2 Å². The van der Waals surface area contributed by atoms with E-state index in [1.54, 1.807) is 4.90 Å². The average molecular weight is 454 g/mol. The Morgan fingerprint density at radius 1 is 1.23 bits per heavy atom. The van der Waals surface area contributed by atoms with Crippen LogP contribution in [0.1, 0.15) is 36.5 Å². The van der Waals surface area contributed by atoms with E-state index >= 15 is 0 Å². The van der Waals surface area contributed by atoms with Gasteiger partial charge in [0.25, 0.3) is 0 Å². The van der Waals surface area contributed by atoms with Crippen molar-refractivity contribution in [2.45, 2.75) is 26.2 Å². The van der Waals surface area contributed by atoms with Crippen molar-refractivity contribution in [3.8, 4) is 5.75 Å². The molecule has 1 fully saturated rings. The third-order valence-electron chi connectivity index (χ3n) is 4.54. The Balaban J connectivity index is 0.00000176. The third kappa shape index (κ3) is 3.53. The average Bonchev–Trinajstić information content (AvgIpc) is 2.44. The minimum atomic E-state index is -0.417. The van der Waals surface area contributed by atoms with Gasteiger partial charge in [0, 0.05) is 4.47 Å². The SMILES string of the molecule is CC1(C[NH+]2CCCCC2)COc2c(Br)cc(Br)cc2C1=O.[Cl-]. The van der Waals surface area contributed by atoms with Crippen LogP contribution in [-0.4, -0.2) is 32.0 Å². The van der Waals surface area contributed by atoms with Gasteiger partial charge in [0.05, 0.1) is 29.7 Å². The predicted molar refractivity (Wildman–Crippen MR) is 89.2 cm³/mol. The van der Waals surface area contributed by atoms with Crippen LogP contribution < -0.4 is 22.0 Å². The first-order chi connectivity index (χ1) is 9.99. The molecule has 0 aromatic heterocycles. The predicted octanol–water partition coefficient (Wildman–Crippen LogP) is -0.134. The molecule has 0 radical (unpaired) electrons. The summed E-state index contributed by atoms with van der Waals surface area (Å²) < 4.78 is 7.68. The number of carbonyl (C=O) groups is 1. The van der Waals surface area contributed by atoms with E-state index in [0.29, 0.717) is 17.9 Å². The van der Waals surface area contributed by atoms with Gasteiger partial charge in [-0.1, -0.05) is 15.9 Å². The van der Waals surface area contributed by atoms with Crippen LogP contribution in [0, 0.1) is 5.41 Å². The van der Waals surface area contributed by atoms with Gasteiger partial charge in [-0.15, -0.1) is 0 Å². The van der Waals surface area contributed by atoms with E-state index in [1.165, 1.54) is 32.4 Å². The normalized spacial score (nSPS) is 25.1. The zero-order valence-electron chi connectivity index (χ0n) is 12.6. The molecule has 0 spiro atoms. The number of ketones is 1. The summed E-state index contributed by atoms with van der Waals surface area (Å²) >= 11 is 6.95. The first-order valence-electron chi connectivity index (χ1n) is 7.50. The largest absolute Gasteiger partial charge is 1.00 e. The van der Waals surface area contributed by atoms with Crippen molar-refractivity contribution in [2.75, 3.05) is 26.2 Å². The Hall–Kier alpha value is -0.100. The van der Waals surface area contributed by atoms with E-state index in [0.717, 1.165) is 15.5 Å². The Kier molecular flexibility index (Phi) is 5.97. The number of benzene rings is 1. The van der Waals surface area contributed by atoms with Crippen LogP contribution in [0.25, 0.3) is 0 Å². The summed E-state index contributed by atoms with van der Waals surface area (Å²) in [5.41, 5.74) is 0.279. The molecule has 2 aliphatic rings. The maximum absolute atomic E-state index is 13.0. The van der Waals surface area contributed by atoms with Crippen molar-refractivity contribution in [2.24, 2.45) is 5.41 Å². The molecule has 0 bridgehead atoms. The van der Waals surface area contributed by atoms with Gasteiger partial charge < -0.3 is 22.0 Å². The molecule has 3 rings (SSSR count). The molecule has 3 nitrogen and oxygen atoms in total. The lowest BCUT2D eigenvalue weighted by Gasteiger charge is -2.36. The van der Waals surface area contributed by atoms with E-state index in [9.17, 15) is 4.79 Å². The number of hydrogen-bond donors (Lipinski definition) is 1. The molecule has 122 valence electrons. The van der Waals surface area contributed by atoms with Crippen LogP contribution in [0.15, 0.2) is 21.1 Å². The Morgan fingerprint density at radius 2 is 1.91 bits per heavy atom. The number of carbonyl (C=O) groups excluding carboxylic acids is 1. The van der Waals surface area contributed by atoms with Gasteiger partial charge in [-0.2, -0.15) is 0 Å². The highest BCUT2D eigenvalue weighted by molar-refractivity contribution is 9.11. The molecule has 22 heavy (non-hydrogen) atoms. The molecular weight excluding hydrogens is 433 g/mol. The van der Waals surface area contributed by atoms with Crippen LogP contribution in [0.4, 0.5) is 0 Å². The number of fused-ring (bicyclic) bond motifs is 1. The molecular formula is C16H20Br2ClNO2. The monoisotopic (exact) mass is 451 g/mol. The molecule has 0 amide bonds. The summed E-state index contributed by atoms with van der Waals surface area (Å²) in [5, 5.41) is 0. The second-order valence-corrected chi connectivity index (χ2v) is 8.20. The van der Waals surface area contributed by atoms with Crippen molar-refractivity contribution in [1.82, 2.24) is 0 Å². The molecule has 0 aliphatic carbocycles. The van der Waals surface area contributed by atoms with Crippen molar-refractivity contribution in [3.63, 3.8) is 0 Å². The highest BCUT2D eigenvalue weighted by atomic mass is 79.9. The zero-order valence-corrected chi connectivity index (χ0v) is 16.5. The van der Waals surface area contributed by atoms with Crippen LogP contribution >= 0.6 is 31.9 Å². The van der Waals surface area contributed by atoms with E-state index < -0.39 is 5.41 Å². The van der Waals surface area contributed by atoms with Gasteiger partial charge in [-0.25, -0.2) is 0 Å². The fraction of sp³-hybridized carbons (Fsp3) is 0.562. The van der Waals surface area contributed by atoms with Gasteiger partial charge in [0.1, 0.15) is 17.8 Å². The lowest BCUT2D eigenvalue weighted by atomic mass is 9.80. The number of rotatable bonds is 2. The molecule has 1 aromatic rings. The molecule has 2 heterocycles. The molecule has 0 saturated carbocycles. The van der Waals surface area contributed by atoms with Crippen molar-refractivity contribution < 1.29 is 26.8 Å². The maximum atomic E-state index is 13.0. The third-order valence-corrected chi connectivity index (χ3v) is 5.58. The number of hydrogen-bond acceptors (Lipinski definition) is 2. The number of quaternary nitrogens is 1. The Morgan fingerprint density at radius 3 is 2.59 bits per heavy atom. The van der Waals surface area contributed by atoms with Gasteiger partial charge in [-0.05, 0) is 54.2 Å². The van der Waals surface area contributed by atoms with Crippen molar-refractivity contribution in [3.05, 3.63) is 26.6 Å². The topological polar surface area (TPSA) is 30.7 Å². The van der Waals surface area contributed by atoms with E-state index in [4.69, 9.17) is 4.74 Å². The van der Waals surface area contributed by atoms with Crippen molar-refractivity contribution >= 4 is 37.6 Å². The lowest BCUT2D eigenvalue weighted by molar-refractivity contribution is -0.910. The summed E-state index contributed by atoms with van der Waals surface area (Å²) in [6.45, 7) is 5.75. The van der Waals surface area contributed by atoms with Gasteiger partial charge in [0.15, 0.2) is 5.78 Å². The summed E-state index contributed by atoms with van der Waals surface area (Å²) in [6.07, 6.45) is 3.87. The minimum absolute atomic E-state index is 0. The smallest absolute Gasteiger partial charge is 0.181 e. The summed E-state index contributed by atoms with van der Waals surface area (Å²) in [5.74, 6) is 0.901. The highest BCUT2D eigenvalue weighted by Gasteiger charge is 2.44. The minimum Gasteiger partial charge on any atom is -1.00 e. The second-order valence-electron chi connectivity index (χ2n) is 6.43. The Labute approximate surface area is 154 Å². The van der Waals surface area contributed by atoms with Gasteiger partial charge in [-0.3, -0.25) is 4.79 Å². The fourth-order valence-electron chi connectivity index (χ4n) is 3.41. The molecule has 6 heteroatoms. The molecule has 2 aliphatic heterocycles. The number of halogens is 3. The van der Waals surface area contributed by atoms with E-state index in [1.807, 2.05) is 12.1 Å². The van der Waals surface area contributed by atoms with Gasteiger partial charge >= 0.3 is 0 Å². The zero-order chi connectivity index (χ0) is 15.0. The Bertz CT molecular complexity index is 576. The molecule has 1 N–H and O–H groups in total. The van der Waals surface area contributed by atoms with Crippen molar-refractivity contribution in [1.29, 1.82) is 0 Å². The maximum Gasteiger partial charge on any atom is 0.181 e. The second kappa shape index (κ2) is 7.20. The quantitative estimate of drug-likeness (QED) is 0.676. The number of ether oxygens (including phenoxy) is 1.